The summed E-state index contributed by atoms with van der Waals surface area (Å²) >= 11 is 0. The van der Waals surface area contributed by atoms with E-state index >= 15 is 0 Å². The molecule has 5 heteroatoms. The van der Waals surface area contributed by atoms with Gasteiger partial charge in [0.1, 0.15) is 5.82 Å². The Hall–Kier alpha value is -0.940. The maximum Gasteiger partial charge on any atom is 0.243 e. The van der Waals surface area contributed by atoms with Gasteiger partial charge in [-0.3, -0.25) is 0 Å². The highest BCUT2D eigenvalue weighted by Crippen LogP contribution is 2.22. The summed E-state index contributed by atoms with van der Waals surface area (Å²) in [5.41, 5.74) is -0.507. The van der Waals surface area contributed by atoms with Crippen molar-refractivity contribution in [3.05, 3.63) is 30.1 Å². The Bertz CT molecular complexity index is 460. The first kappa shape index (κ1) is 13.1. The smallest absolute Gasteiger partial charge is 0.207 e. The third kappa shape index (κ3) is 2.59. The molecule has 1 rings (SSSR count). The molecule has 0 heterocycles. The van der Waals surface area contributed by atoms with Gasteiger partial charge in [0.2, 0.25) is 10.0 Å². The van der Waals surface area contributed by atoms with Gasteiger partial charge < -0.3 is 0 Å². The topological polar surface area (TPSA) is 37.4 Å². The van der Waals surface area contributed by atoms with E-state index in [2.05, 4.69) is 0 Å². The summed E-state index contributed by atoms with van der Waals surface area (Å²) in [5.74, 6) is -0.447. The van der Waals surface area contributed by atoms with Gasteiger partial charge in [0.15, 0.2) is 0 Å². The minimum Gasteiger partial charge on any atom is -0.207 e. The summed E-state index contributed by atoms with van der Waals surface area (Å²) in [4.78, 5) is 0.103. The molecule has 0 aliphatic rings. The second kappa shape index (κ2) is 4.14. The van der Waals surface area contributed by atoms with Crippen molar-refractivity contribution in [1.82, 2.24) is 4.31 Å². The van der Waals surface area contributed by atoms with Gasteiger partial charge in [0, 0.05) is 12.6 Å². The Balaban J connectivity index is 3.17. The van der Waals surface area contributed by atoms with Crippen molar-refractivity contribution in [2.45, 2.75) is 31.2 Å². The van der Waals surface area contributed by atoms with Crippen molar-refractivity contribution < 1.29 is 12.8 Å². The van der Waals surface area contributed by atoms with Crippen molar-refractivity contribution in [2.75, 3.05) is 7.05 Å². The van der Waals surface area contributed by atoms with Crippen molar-refractivity contribution in [3.8, 4) is 0 Å². The van der Waals surface area contributed by atoms with Crippen LogP contribution in [0.25, 0.3) is 0 Å². The molecule has 0 amide bonds. The van der Waals surface area contributed by atoms with E-state index in [1.165, 1.54) is 23.5 Å². The molecule has 0 atom stereocenters. The van der Waals surface area contributed by atoms with Crippen LogP contribution in [0.1, 0.15) is 20.8 Å². The lowest BCUT2D eigenvalue weighted by Crippen LogP contribution is -2.42. The number of hydrogen-bond donors (Lipinski definition) is 0. The quantitative estimate of drug-likeness (QED) is 0.801. The largest absolute Gasteiger partial charge is 0.243 e. The van der Waals surface area contributed by atoms with Crippen LogP contribution in [0.2, 0.25) is 0 Å². The van der Waals surface area contributed by atoms with E-state index in [1.807, 2.05) is 0 Å². The summed E-state index contributed by atoms with van der Waals surface area (Å²) in [7, 11) is -2.03. The highest BCUT2D eigenvalue weighted by Gasteiger charge is 2.30. The first-order valence-corrected chi connectivity index (χ1v) is 6.34. The van der Waals surface area contributed by atoms with Crippen LogP contribution in [0.3, 0.4) is 0 Å². The highest BCUT2D eigenvalue weighted by atomic mass is 32.2. The molecule has 0 saturated heterocycles. The second-order valence-corrected chi connectivity index (χ2v) is 6.57. The molecule has 3 nitrogen and oxygen atoms in total. The molecule has 0 bridgehead atoms. The van der Waals surface area contributed by atoms with Crippen molar-refractivity contribution in [2.24, 2.45) is 0 Å². The molecule has 90 valence electrons. The minimum absolute atomic E-state index is 0.103. The van der Waals surface area contributed by atoms with Gasteiger partial charge >= 0.3 is 0 Å². The van der Waals surface area contributed by atoms with Crippen LogP contribution in [0, 0.1) is 5.82 Å². The lowest BCUT2D eigenvalue weighted by Gasteiger charge is -2.30. The third-order valence-electron chi connectivity index (χ3n) is 2.42. The SMILES string of the molecule is CN(C(C)(C)C)S(=O)(=O)c1ccc(F)cc1. The van der Waals surface area contributed by atoms with Crippen LogP contribution in [0.15, 0.2) is 29.2 Å². The Labute approximate surface area is 95.9 Å². The summed E-state index contributed by atoms with van der Waals surface area (Å²) in [6, 6.07) is 4.83. The summed E-state index contributed by atoms with van der Waals surface area (Å²) < 4.78 is 38.2. The Morgan fingerprint density at radius 1 is 1.12 bits per heavy atom. The van der Waals surface area contributed by atoms with Crippen LogP contribution in [0.4, 0.5) is 4.39 Å². The first-order chi connectivity index (χ1) is 7.15. The van der Waals surface area contributed by atoms with Gasteiger partial charge in [-0.2, -0.15) is 4.31 Å². The fraction of sp³-hybridized carbons (Fsp3) is 0.455. The maximum atomic E-state index is 12.7. The molecule has 0 spiro atoms. The molecule has 1 aromatic rings. The lowest BCUT2D eigenvalue weighted by atomic mass is 10.1. The maximum absolute atomic E-state index is 12.7. The predicted octanol–water partition coefficient (Wildman–Crippen LogP) is 2.24. The van der Waals surface area contributed by atoms with Gasteiger partial charge in [-0.1, -0.05) is 0 Å². The molecule has 1 aromatic carbocycles. The number of hydrogen-bond acceptors (Lipinski definition) is 2. The molecule has 0 N–H and O–H groups in total. The monoisotopic (exact) mass is 245 g/mol. The Kier molecular flexibility index (Phi) is 3.40. The molecule has 0 unspecified atom stereocenters. The van der Waals surface area contributed by atoms with Gasteiger partial charge in [0.25, 0.3) is 0 Å². The van der Waals surface area contributed by atoms with Gasteiger partial charge in [-0.15, -0.1) is 0 Å². The average Bonchev–Trinajstić information content (AvgIpc) is 2.16. The zero-order valence-corrected chi connectivity index (χ0v) is 10.7. The molecule has 0 radical (unpaired) electrons. The fourth-order valence-corrected chi connectivity index (χ4v) is 2.64. The molecule has 0 aliphatic heterocycles. The van der Waals surface area contributed by atoms with Crippen molar-refractivity contribution in [3.63, 3.8) is 0 Å². The van der Waals surface area contributed by atoms with E-state index in [4.69, 9.17) is 0 Å². The summed E-state index contributed by atoms with van der Waals surface area (Å²) in [5, 5.41) is 0. The van der Waals surface area contributed by atoms with E-state index in [9.17, 15) is 12.8 Å². The summed E-state index contributed by atoms with van der Waals surface area (Å²) in [6.07, 6.45) is 0. The van der Waals surface area contributed by atoms with Crippen LogP contribution >= 0.6 is 0 Å². The summed E-state index contributed by atoms with van der Waals surface area (Å²) in [6.45, 7) is 5.40. The third-order valence-corrected chi connectivity index (χ3v) is 4.55. The van der Waals surface area contributed by atoms with E-state index < -0.39 is 21.4 Å². The van der Waals surface area contributed by atoms with E-state index in [0.717, 1.165) is 12.1 Å². The second-order valence-electron chi connectivity index (χ2n) is 4.60. The zero-order chi connectivity index (χ0) is 12.6. The van der Waals surface area contributed by atoms with Gasteiger partial charge in [-0.25, -0.2) is 12.8 Å². The van der Waals surface area contributed by atoms with Crippen LogP contribution < -0.4 is 0 Å². The zero-order valence-electron chi connectivity index (χ0n) is 9.86. The Morgan fingerprint density at radius 2 is 1.56 bits per heavy atom. The number of halogens is 1. The lowest BCUT2D eigenvalue weighted by molar-refractivity contribution is 0.292. The minimum atomic E-state index is -3.55. The molecule has 0 aromatic heterocycles. The van der Waals surface area contributed by atoms with Crippen molar-refractivity contribution >= 4 is 10.0 Å². The normalized spacial score (nSPS) is 13.1. The van der Waals surface area contributed by atoms with Crippen LogP contribution in [-0.2, 0) is 10.0 Å². The number of benzene rings is 1. The average molecular weight is 245 g/mol. The number of rotatable bonds is 2. The number of nitrogens with zero attached hydrogens (tertiary/aromatic N) is 1. The van der Waals surface area contributed by atoms with E-state index in [0.29, 0.717) is 0 Å². The number of sulfonamides is 1. The van der Waals surface area contributed by atoms with Crippen LogP contribution in [0.5, 0.6) is 0 Å². The van der Waals surface area contributed by atoms with E-state index in [1.54, 1.807) is 20.8 Å². The van der Waals surface area contributed by atoms with Crippen LogP contribution in [-0.4, -0.2) is 25.3 Å². The fourth-order valence-electron chi connectivity index (χ4n) is 1.13. The molecule has 0 fully saturated rings. The molecule has 0 saturated carbocycles. The molecular formula is C11H16FNO2S. The molecule has 16 heavy (non-hydrogen) atoms. The molecular weight excluding hydrogens is 229 g/mol. The highest BCUT2D eigenvalue weighted by molar-refractivity contribution is 7.89. The first-order valence-electron chi connectivity index (χ1n) is 4.90. The van der Waals surface area contributed by atoms with Gasteiger partial charge in [-0.05, 0) is 45.0 Å². The van der Waals surface area contributed by atoms with E-state index in [-0.39, 0.29) is 4.90 Å². The molecule has 0 aliphatic carbocycles. The van der Waals surface area contributed by atoms with Crippen molar-refractivity contribution in [1.29, 1.82) is 0 Å². The Morgan fingerprint density at radius 3 is 1.94 bits per heavy atom. The predicted molar refractivity (Wildman–Crippen MR) is 61.1 cm³/mol. The van der Waals surface area contributed by atoms with Gasteiger partial charge in [0.05, 0.1) is 4.90 Å². The standard InChI is InChI=1S/C11H16FNO2S/c1-11(2,3)13(4)16(14,15)10-7-5-9(12)6-8-10/h5-8H,1-4H3.